The van der Waals surface area contributed by atoms with Gasteiger partial charge in [-0.3, -0.25) is 0 Å². The Kier molecular flexibility index (Phi) is 3.91. The second-order valence-corrected chi connectivity index (χ2v) is 5.66. The number of imidazole rings is 1. The van der Waals surface area contributed by atoms with Crippen molar-refractivity contribution in [1.29, 1.82) is 0 Å². The minimum Gasteiger partial charge on any atom is -0.332 e. The van der Waals surface area contributed by atoms with E-state index in [1.54, 1.807) is 17.7 Å². The van der Waals surface area contributed by atoms with E-state index in [9.17, 15) is 0 Å². The molecule has 2 rings (SSSR count). The second kappa shape index (κ2) is 5.42. The average molecular weight is 250 g/mol. The monoisotopic (exact) mass is 250 g/mol. The van der Waals surface area contributed by atoms with Crippen LogP contribution in [-0.2, 0) is 13.6 Å². The maximum Gasteiger partial charge on any atom is 0.141 e. The van der Waals surface area contributed by atoms with Gasteiger partial charge < -0.3 is 9.88 Å². The largest absolute Gasteiger partial charge is 0.332 e. The first-order valence-electron chi connectivity index (χ1n) is 5.79. The van der Waals surface area contributed by atoms with Crippen molar-refractivity contribution in [1.82, 2.24) is 19.9 Å². The first-order valence-corrected chi connectivity index (χ1v) is 6.60. The number of rotatable bonds is 5. The van der Waals surface area contributed by atoms with Crippen molar-refractivity contribution in [2.24, 2.45) is 13.0 Å². The van der Waals surface area contributed by atoms with Crippen molar-refractivity contribution in [2.45, 2.75) is 20.4 Å². The van der Waals surface area contributed by atoms with E-state index < -0.39 is 0 Å². The van der Waals surface area contributed by atoms with E-state index in [2.05, 4.69) is 29.1 Å². The Hall–Kier alpha value is -1.20. The highest BCUT2D eigenvalue weighted by Gasteiger charge is 2.07. The van der Waals surface area contributed by atoms with E-state index in [4.69, 9.17) is 0 Å². The molecular formula is C12H18N4S. The highest BCUT2D eigenvalue weighted by Crippen LogP contribution is 2.24. The highest BCUT2D eigenvalue weighted by molar-refractivity contribution is 7.15. The molecule has 0 saturated heterocycles. The SMILES string of the molecule is CC(C)CNCc1cnc(-c2cncn2C)s1. The van der Waals surface area contributed by atoms with Crippen LogP contribution in [0.3, 0.4) is 0 Å². The lowest BCUT2D eigenvalue weighted by Crippen LogP contribution is -2.18. The summed E-state index contributed by atoms with van der Waals surface area (Å²) < 4.78 is 1.99. The van der Waals surface area contributed by atoms with Crippen LogP contribution in [0.25, 0.3) is 10.7 Å². The van der Waals surface area contributed by atoms with Gasteiger partial charge >= 0.3 is 0 Å². The third-order valence-electron chi connectivity index (χ3n) is 2.44. The summed E-state index contributed by atoms with van der Waals surface area (Å²) in [6, 6.07) is 0. The van der Waals surface area contributed by atoms with Crippen molar-refractivity contribution in [2.75, 3.05) is 6.54 Å². The third kappa shape index (κ3) is 3.14. The van der Waals surface area contributed by atoms with Gasteiger partial charge in [0, 0.05) is 24.7 Å². The average Bonchev–Trinajstić information content (AvgIpc) is 2.86. The zero-order valence-corrected chi connectivity index (χ0v) is 11.3. The molecule has 0 radical (unpaired) electrons. The molecule has 92 valence electrons. The van der Waals surface area contributed by atoms with Gasteiger partial charge in [-0.15, -0.1) is 11.3 Å². The predicted molar refractivity (Wildman–Crippen MR) is 70.9 cm³/mol. The van der Waals surface area contributed by atoms with Crippen LogP contribution in [0.1, 0.15) is 18.7 Å². The Labute approximate surface area is 106 Å². The minimum atomic E-state index is 0.680. The fraction of sp³-hybridized carbons (Fsp3) is 0.500. The van der Waals surface area contributed by atoms with Gasteiger partial charge in [0.05, 0.1) is 18.2 Å². The van der Waals surface area contributed by atoms with Gasteiger partial charge in [-0.2, -0.15) is 0 Å². The summed E-state index contributed by atoms with van der Waals surface area (Å²) in [5.41, 5.74) is 1.07. The highest BCUT2D eigenvalue weighted by atomic mass is 32.1. The molecule has 4 nitrogen and oxygen atoms in total. The first kappa shape index (κ1) is 12.3. The van der Waals surface area contributed by atoms with Gasteiger partial charge in [0.2, 0.25) is 0 Å². The van der Waals surface area contributed by atoms with Crippen LogP contribution in [0, 0.1) is 5.92 Å². The molecule has 2 aromatic rings. The Morgan fingerprint density at radius 1 is 1.41 bits per heavy atom. The summed E-state index contributed by atoms with van der Waals surface area (Å²) in [6.07, 6.45) is 5.60. The fourth-order valence-corrected chi connectivity index (χ4v) is 2.49. The van der Waals surface area contributed by atoms with Gasteiger partial charge in [-0.25, -0.2) is 9.97 Å². The van der Waals surface area contributed by atoms with Crippen LogP contribution < -0.4 is 5.32 Å². The molecule has 0 aliphatic rings. The molecule has 0 unspecified atom stereocenters. The maximum atomic E-state index is 4.43. The van der Waals surface area contributed by atoms with Gasteiger partial charge in [0.25, 0.3) is 0 Å². The molecule has 2 aromatic heterocycles. The fourth-order valence-electron chi connectivity index (χ4n) is 1.55. The molecule has 17 heavy (non-hydrogen) atoms. The van der Waals surface area contributed by atoms with Gasteiger partial charge in [0.15, 0.2) is 0 Å². The summed E-state index contributed by atoms with van der Waals surface area (Å²) in [7, 11) is 1.99. The maximum absolute atomic E-state index is 4.43. The molecule has 0 spiro atoms. The first-order chi connectivity index (χ1) is 8.16. The summed E-state index contributed by atoms with van der Waals surface area (Å²) in [5.74, 6) is 0.680. The number of aryl methyl sites for hydroxylation is 1. The summed E-state index contributed by atoms with van der Waals surface area (Å²) >= 11 is 1.72. The Morgan fingerprint density at radius 3 is 2.88 bits per heavy atom. The van der Waals surface area contributed by atoms with E-state index in [0.717, 1.165) is 23.8 Å². The predicted octanol–water partition coefficient (Wildman–Crippen LogP) is 2.29. The van der Waals surface area contributed by atoms with E-state index in [0.29, 0.717) is 5.92 Å². The molecule has 0 aliphatic carbocycles. The Morgan fingerprint density at radius 2 is 2.24 bits per heavy atom. The number of nitrogens with one attached hydrogen (secondary N) is 1. The Bertz CT molecular complexity index is 472. The van der Waals surface area contributed by atoms with Crippen LogP contribution in [-0.4, -0.2) is 21.1 Å². The summed E-state index contributed by atoms with van der Waals surface area (Å²) in [4.78, 5) is 9.81. The molecule has 1 N–H and O–H groups in total. The summed E-state index contributed by atoms with van der Waals surface area (Å²) in [6.45, 7) is 6.36. The molecule has 0 atom stereocenters. The van der Waals surface area contributed by atoms with Gasteiger partial charge in [0.1, 0.15) is 5.01 Å². The van der Waals surface area contributed by atoms with Crippen LogP contribution in [0.15, 0.2) is 18.7 Å². The van der Waals surface area contributed by atoms with Crippen LogP contribution >= 0.6 is 11.3 Å². The van der Waals surface area contributed by atoms with Crippen LogP contribution in [0.4, 0.5) is 0 Å². The van der Waals surface area contributed by atoms with E-state index in [1.165, 1.54) is 4.88 Å². The Balaban J connectivity index is 1.99. The van der Waals surface area contributed by atoms with E-state index in [-0.39, 0.29) is 0 Å². The van der Waals surface area contributed by atoms with Crippen molar-refractivity contribution in [3.8, 4) is 10.7 Å². The minimum absolute atomic E-state index is 0.680. The zero-order chi connectivity index (χ0) is 12.3. The zero-order valence-electron chi connectivity index (χ0n) is 10.5. The van der Waals surface area contributed by atoms with E-state index in [1.807, 2.05) is 24.0 Å². The van der Waals surface area contributed by atoms with Crippen molar-refractivity contribution >= 4 is 11.3 Å². The standard InChI is InChI=1S/C12H18N4S/c1-9(2)4-13-5-10-6-15-12(17-10)11-7-14-8-16(11)3/h6-9,13H,4-5H2,1-3H3. The second-order valence-electron chi connectivity index (χ2n) is 4.55. The molecule has 0 aromatic carbocycles. The van der Waals surface area contributed by atoms with E-state index >= 15 is 0 Å². The van der Waals surface area contributed by atoms with Gasteiger partial charge in [-0.1, -0.05) is 13.8 Å². The number of hydrogen-bond acceptors (Lipinski definition) is 4. The molecule has 0 aliphatic heterocycles. The lowest BCUT2D eigenvalue weighted by atomic mass is 10.2. The van der Waals surface area contributed by atoms with Crippen molar-refractivity contribution in [3.63, 3.8) is 0 Å². The van der Waals surface area contributed by atoms with Gasteiger partial charge in [-0.05, 0) is 12.5 Å². The number of aromatic nitrogens is 3. The molecule has 0 bridgehead atoms. The normalized spacial score (nSPS) is 11.3. The molecule has 0 saturated carbocycles. The topological polar surface area (TPSA) is 42.7 Å². The van der Waals surface area contributed by atoms with Crippen molar-refractivity contribution in [3.05, 3.63) is 23.6 Å². The number of thiazole rings is 1. The molecular weight excluding hydrogens is 232 g/mol. The molecule has 5 heteroatoms. The van der Waals surface area contributed by atoms with Crippen LogP contribution in [0.2, 0.25) is 0 Å². The lowest BCUT2D eigenvalue weighted by Gasteiger charge is -2.04. The molecule has 2 heterocycles. The smallest absolute Gasteiger partial charge is 0.141 e. The summed E-state index contributed by atoms with van der Waals surface area (Å²) in [5, 5.41) is 4.46. The number of nitrogens with zero attached hydrogens (tertiary/aromatic N) is 3. The molecule has 0 amide bonds. The lowest BCUT2D eigenvalue weighted by molar-refractivity contribution is 0.554. The number of hydrogen-bond donors (Lipinski definition) is 1. The third-order valence-corrected chi connectivity index (χ3v) is 3.46. The van der Waals surface area contributed by atoms with Crippen LogP contribution in [0.5, 0.6) is 0 Å². The quantitative estimate of drug-likeness (QED) is 0.885. The van der Waals surface area contributed by atoms with Crippen molar-refractivity contribution < 1.29 is 0 Å². The molecule has 0 fully saturated rings.